The van der Waals surface area contributed by atoms with Gasteiger partial charge < -0.3 is 0 Å². The minimum atomic E-state index is -0.209. The Labute approximate surface area is 173 Å². The number of carbonyl (C=O) groups is 2. The van der Waals surface area contributed by atoms with E-state index in [-0.39, 0.29) is 11.6 Å². The Hall–Kier alpha value is -4.58. The van der Waals surface area contributed by atoms with Gasteiger partial charge in [0, 0.05) is 22.3 Å². The van der Waals surface area contributed by atoms with E-state index in [1.165, 1.54) is 0 Å². The Morgan fingerprint density at radius 3 is 1.47 bits per heavy atom. The molecule has 5 rings (SSSR count). The van der Waals surface area contributed by atoms with Crippen molar-refractivity contribution in [1.29, 1.82) is 0 Å². The van der Waals surface area contributed by atoms with Crippen molar-refractivity contribution in [2.24, 2.45) is 0 Å². The van der Waals surface area contributed by atoms with Crippen molar-refractivity contribution in [3.05, 3.63) is 129 Å². The predicted molar refractivity (Wildman–Crippen MR) is 115 cm³/mol. The van der Waals surface area contributed by atoms with Gasteiger partial charge in [0.15, 0.2) is 11.6 Å². The van der Waals surface area contributed by atoms with Gasteiger partial charge in [-0.25, -0.2) is 0 Å². The molecule has 2 aromatic carbocycles. The van der Waals surface area contributed by atoms with Crippen LogP contribution >= 0.6 is 0 Å². The summed E-state index contributed by atoms with van der Waals surface area (Å²) in [6.07, 6.45) is 11.0. The Morgan fingerprint density at radius 2 is 1.07 bits per heavy atom. The molecule has 0 radical (unpaired) electrons. The zero-order valence-corrected chi connectivity index (χ0v) is 15.7. The van der Waals surface area contributed by atoms with Crippen molar-refractivity contribution in [3.63, 3.8) is 0 Å². The molecule has 0 heterocycles. The van der Waals surface area contributed by atoms with E-state index in [1.54, 1.807) is 48.6 Å². The number of carbonyl (C=O) groups excluding carboxylic acids is 2. The molecule has 2 heteroatoms. The molecule has 0 N–H and O–H groups in total. The fourth-order valence-electron chi connectivity index (χ4n) is 3.52. The van der Waals surface area contributed by atoms with E-state index < -0.39 is 0 Å². The molecule has 0 aliphatic heterocycles. The van der Waals surface area contributed by atoms with Gasteiger partial charge in [-0.1, -0.05) is 60.1 Å². The molecule has 3 aliphatic carbocycles. The summed E-state index contributed by atoms with van der Waals surface area (Å²) in [7, 11) is 0. The topological polar surface area (TPSA) is 34.1 Å². The van der Waals surface area contributed by atoms with Crippen molar-refractivity contribution >= 4 is 11.6 Å². The largest absolute Gasteiger partial charge is 0.289 e. The molecule has 2 nitrogen and oxygen atoms in total. The fraction of sp³-hybridized carbons (Fsp3) is 0. The zero-order chi connectivity index (χ0) is 20.5. The lowest BCUT2D eigenvalue weighted by molar-refractivity contribution is 0.0978. The zero-order valence-electron chi connectivity index (χ0n) is 15.7. The summed E-state index contributed by atoms with van der Waals surface area (Å²) >= 11 is 0. The van der Waals surface area contributed by atoms with E-state index in [2.05, 4.69) is 35.1 Å². The van der Waals surface area contributed by atoms with Gasteiger partial charge in [0.1, 0.15) is 0 Å². The van der Waals surface area contributed by atoms with Crippen LogP contribution < -0.4 is 0 Å². The number of ketones is 2. The number of rotatable bonds is 0. The third kappa shape index (κ3) is 2.93. The lowest BCUT2D eigenvalue weighted by Crippen LogP contribution is -2.23. The SMILES string of the molecule is O=C1c2ccccc2C(=O)c2c(C#CC3=C=CC=C3)ccc(C#CC3=C=CC=C3)c21. The minimum Gasteiger partial charge on any atom is -0.289 e. The maximum atomic E-state index is 13.3. The normalized spacial score (nSPS) is 14.4. The fourth-order valence-corrected chi connectivity index (χ4v) is 3.52. The molecule has 0 bridgehead atoms. The lowest BCUT2D eigenvalue weighted by atomic mass is 9.79. The second-order valence-electron chi connectivity index (χ2n) is 6.78. The second kappa shape index (κ2) is 7.10. The monoisotopic (exact) mass is 380 g/mol. The summed E-state index contributed by atoms with van der Waals surface area (Å²) in [6, 6.07) is 10.4. The quantitative estimate of drug-likeness (QED) is 0.426. The van der Waals surface area contributed by atoms with E-state index in [0.717, 1.165) is 11.1 Å². The van der Waals surface area contributed by atoms with Gasteiger partial charge >= 0.3 is 0 Å². The van der Waals surface area contributed by atoms with Gasteiger partial charge in [-0.2, -0.15) is 0 Å². The summed E-state index contributed by atoms with van der Waals surface area (Å²) in [5.74, 6) is 11.7. The molecule has 0 amide bonds. The first-order valence-corrected chi connectivity index (χ1v) is 9.38. The summed E-state index contributed by atoms with van der Waals surface area (Å²) in [6.45, 7) is 0. The van der Waals surface area contributed by atoms with Gasteiger partial charge in [-0.3, -0.25) is 9.59 Å². The Kier molecular flexibility index (Phi) is 4.15. The van der Waals surface area contributed by atoms with Crippen LogP contribution in [0.15, 0.2) is 95.5 Å². The highest BCUT2D eigenvalue weighted by atomic mass is 16.1. The Balaban J connectivity index is 1.73. The third-order valence-electron chi connectivity index (χ3n) is 4.94. The maximum Gasteiger partial charge on any atom is 0.195 e. The first-order valence-electron chi connectivity index (χ1n) is 9.38. The van der Waals surface area contributed by atoms with Gasteiger partial charge in [-0.15, -0.1) is 11.5 Å². The molecular formula is C28H12O2. The van der Waals surface area contributed by atoms with Gasteiger partial charge in [0.05, 0.1) is 22.3 Å². The molecule has 3 aliphatic rings. The van der Waals surface area contributed by atoms with Crippen LogP contribution in [-0.2, 0) is 0 Å². The molecule has 0 saturated carbocycles. The van der Waals surface area contributed by atoms with Crippen molar-refractivity contribution < 1.29 is 9.59 Å². The van der Waals surface area contributed by atoms with Crippen molar-refractivity contribution in [2.75, 3.05) is 0 Å². The van der Waals surface area contributed by atoms with Crippen LogP contribution in [0.3, 0.4) is 0 Å². The van der Waals surface area contributed by atoms with Crippen molar-refractivity contribution in [3.8, 4) is 23.7 Å². The van der Waals surface area contributed by atoms with Gasteiger partial charge in [0.2, 0.25) is 0 Å². The van der Waals surface area contributed by atoms with E-state index in [9.17, 15) is 9.59 Å². The molecule has 0 spiro atoms. The van der Waals surface area contributed by atoms with E-state index in [1.807, 2.05) is 24.3 Å². The Morgan fingerprint density at radius 1 is 0.600 bits per heavy atom. The van der Waals surface area contributed by atoms with Crippen LogP contribution in [0, 0.1) is 23.7 Å². The standard InChI is InChI=1S/C28H12O2/c29-27-23-11-5-6-12-24(23)28(30)26-22(16-14-20-9-3-4-10-20)18-17-21(25(26)27)15-13-19-7-1-2-8-19/h1-7,9,11-12,17-18H. The highest BCUT2D eigenvalue weighted by molar-refractivity contribution is 6.30. The Bertz CT molecular complexity index is 1370. The molecule has 136 valence electrons. The van der Waals surface area contributed by atoms with E-state index in [0.29, 0.717) is 33.4 Å². The predicted octanol–water partition coefficient (Wildman–Crippen LogP) is 4.47. The second-order valence-corrected chi connectivity index (χ2v) is 6.78. The summed E-state index contributed by atoms with van der Waals surface area (Å²) in [4.78, 5) is 26.7. The molecule has 0 atom stereocenters. The molecule has 30 heavy (non-hydrogen) atoms. The molecule has 0 aromatic heterocycles. The molecule has 2 aromatic rings. The summed E-state index contributed by atoms with van der Waals surface area (Å²) in [5, 5.41) is 0. The molecule has 0 saturated heterocycles. The van der Waals surface area contributed by atoms with E-state index >= 15 is 0 Å². The van der Waals surface area contributed by atoms with Crippen LogP contribution in [0.2, 0.25) is 0 Å². The average Bonchev–Trinajstić information content (AvgIpc) is 3.48. The summed E-state index contributed by atoms with van der Waals surface area (Å²) < 4.78 is 0. The first-order chi connectivity index (χ1) is 14.7. The average molecular weight is 380 g/mol. The smallest absolute Gasteiger partial charge is 0.195 e. The lowest BCUT2D eigenvalue weighted by Gasteiger charge is -2.19. The number of hydrogen-bond acceptors (Lipinski definition) is 2. The third-order valence-corrected chi connectivity index (χ3v) is 4.94. The molecule has 0 unspecified atom stereocenters. The maximum absolute atomic E-state index is 13.3. The van der Waals surface area contributed by atoms with Crippen LogP contribution in [0.1, 0.15) is 43.0 Å². The first kappa shape index (κ1) is 17.5. The highest BCUT2D eigenvalue weighted by Gasteiger charge is 2.33. The molecular weight excluding hydrogens is 368 g/mol. The van der Waals surface area contributed by atoms with Crippen molar-refractivity contribution in [1.82, 2.24) is 0 Å². The van der Waals surface area contributed by atoms with Crippen LogP contribution in [-0.4, -0.2) is 11.6 Å². The highest BCUT2D eigenvalue weighted by Crippen LogP contribution is 2.31. The van der Waals surface area contributed by atoms with Crippen LogP contribution in [0.25, 0.3) is 0 Å². The number of benzene rings is 2. The number of allylic oxidation sites excluding steroid dienone is 6. The van der Waals surface area contributed by atoms with Crippen LogP contribution in [0.5, 0.6) is 0 Å². The van der Waals surface area contributed by atoms with Crippen molar-refractivity contribution in [2.45, 2.75) is 0 Å². The number of fused-ring (bicyclic) bond motifs is 2. The van der Waals surface area contributed by atoms with E-state index in [4.69, 9.17) is 0 Å². The molecule has 0 fully saturated rings. The summed E-state index contributed by atoms with van der Waals surface area (Å²) in [5.41, 5.74) is 9.95. The number of hydrogen-bond donors (Lipinski definition) is 0. The minimum absolute atomic E-state index is 0.209. The van der Waals surface area contributed by atoms with Crippen LogP contribution in [0.4, 0.5) is 0 Å². The van der Waals surface area contributed by atoms with Gasteiger partial charge in [0.25, 0.3) is 0 Å². The van der Waals surface area contributed by atoms with Gasteiger partial charge in [-0.05, 0) is 36.4 Å².